The van der Waals surface area contributed by atoms with E-state index < -0.39 is 23.7 Å². The number of rotatable bonds is 6. The summed E-state index contributed by atoms with van der Waals surface area (Å²) in [6, 6.07) is 15.6. The maximum Gasteiger partial charge on any atom is 0.337 e. The first-order chi connectivity index (χ1) is 18.8. The number of aromatic nitrogens is 1. The van der Waals surface area contributed by atoms with Crippen molar-refractivity contribution in [3.63, 3.8) is 0 Å². The van der Waals surface area contributed by atoms with Crippen LogP contribution in [0.1, 0.15) is 33.1 Å². The van der Waals surface area contributed by atoms with Crippen LogP contribution < -0.4 is 14.4 Å². The van der Waals surface area contributed by atoms with Gasteiger partial charge in [0.15, 0.2) is 5.13 Å². The lowest BCUT2D eigenvalue weighted by molar-refractivity contribution is -0.132. The summed E-state index contributed by atoms with van der Waals surface area (Å²) in [6.45, 7) is 1.81. The number of nitrogens with zero attached hydrogens (tertiary/aromatic N) is 2. The minimum Gasteiger partial charge on any atom is -0.507 e. The van der Waals surface area contributed by atoms with E-state index in [-0.39, 0.29) is 16.5 Å². The molecule has 1 aromatic heterocycles. The Morgan fingerprint density at radius 1 is 0.949 bits per heavy atom. The number of esters is 1. The van der Waals surface area contributed by atoms with Crippen LogP contribution in [0.3, 0.4) is 0 Å². The number of ketones is 1. The van der Waals surface area contributed by atoms with Gasteiger partial charge in [-0.05, 0) is 66.6 Å². The van der Waals surface area contributed by atoms with E-state index in [0.29, 0.717) is 33.7 Å². The number of hydrogen-bond donors (Lipinski definition) is 1. The standard InChI is InChI=1S/C29H24N2O7S/c1-15-13-18(9-12-21(15)37-3)25(32)23-24(16-5-7-17(8-6-16)28(35)38-4)31(27(34)26(23)33)29-30-20-11-10-19(36-2)14-22(20)39-29/h5-14,24,32H,1-4H3/b25-23+. The number of thiazole rings is 1. The van der Waals surface area contributed by atoms with Crippen LogP contribution in [-0.4, -0.2) is 49.1 Å². The third-order valence-corrected chi connectivity index (χ3v) is 7.57. The van der Waals surface area contributed by atoms with Gasteiger partial charge in [-0.2, -0.15) is 0 Å². The molecular formula is C29H24N2O7S. The molecule has 9 nitrogen and oxygen atoms in total. The lowest BCUT2D eigenvalue weighted by Crippen LogP contribution is -2.29. The van der Waals surface area contributed by atoms with E-state index in [9.17, 15) is 19.5 Å². The molecule has 198 valence electrons. The van der Waals surface area contributed by atoms with E-state index in [1.807, 2.05) is 6.92 Å². The zero-order chi connectivity index (χ0) is 27.8. The van der Waals surface area contributed by atoms with Gasteiger partial charge in [0.05, 0.1) is 48.7 Å². The number of ether oxygens (including phenoxy) is 3. The number of fused-ring (bicyclic) bond motifs is 1. The zero-order valence-electron chi connectivity index (χ0n) is 21.6. The second-order valence-electron chi connectivity index (χ2n) is 8.80. The number of methoxy groups -OCH3 is 3. The summed E-state index contributed by atoms with van der Waals surface area (Å²) in [7, 11) is 4.38. The van der Waals surface area contributed by atoms with Crippen molar-refractivity contribution in [1.29, 1.82) is 0 Å². The number of benzene rings is 3. The zero-order valence-corrected chi connectivity index (χ0v) is 22.4. The van der Waals surface area contributed by atoms with Crippen LogP contribution in [0.2, 0.25) is 0 Å². The van der Waals surface area contributed by atoms with E-state index in [1.165, 1.54) is 23.3 Å². The minimum atomic E-state index is -0.999. The van der Waals surface area contributed by atoms with Crippen molar-refractivity contribution in [2.75, 3.05) is 26.2 Å². The molecule has 0 aliphatic carbocycles. The molecule has 0 radical (unpaired) electrons. The first kappa shape index (κ1) is 25.9. The number of carbonyl (C=O) groups excluding carboxylic acids is 3. The lowest BCUT2D eigenvalue weighted by Gasteiger charge is -2.23. The predicted molar refractivity (Wildman–Crippen MR) is 146 cm³/mol. The monoisotopic (exact) mass is 544 g/mol. The first-order valence-corrected chi connectivity index (χ1v) is 12.7. The Hall–Kier alpha value is -4.70. The van der Waals surface area contributed by atoms with Crippen LogP contribution in [0, 0.1) is 6.92 Å². The molecule has 1 atom stereocenters. The first-order valence-electron chi connectivity index (χ1n) is 11.9. The van der Waals surface area contributed by atoms with Gasteiger partial charge in [0.2, 0.25) is 0 Å². The third kappa shape index (κ3) is 4.48. The Balaban J connectivity index is 1.70. The molecule has 1 fully saturated rings. The molecule has 0 spiro atoms. The fourth-order valence-electron chi connectivity index (χ4n) is 4.57. The van der Waals surface area contributed by atoms with Gasteiger partial charge in [0.1, 0.15) is 17.3 Å². The summed E-state index contributed by atoms with van der Waals surface area (Å²) < 4.78 is 16.2. The normalized spacial score (nSPS) is 16.5. The smallest absolute Gasteiger partial charge is 0.337 e. The Morgan fingerprint density at radius 2 is 1.67 bits per heavy atom. The maximum atomic E-state index is 13.5. The van der Waals surface area contributed by atoms with Crippen molar-refractivity contribution in [1.82, 2.24) is 4.98 Å². The number of amides is 1. The van der Waals surface area contributed by atoms with Gasteiger partial charge >= 0.3 is 11.9 Å². The van der Waals surface area contributed by atoms with Crippen molar-refractivity contribution in [2.45, 2.75) is 13.0 Å². The van der Waals surface area contributed by atoms with Gasteiger partial charge in [-0.15, -0.1) is 0 Å². The molecule has 10 heteroatoms. The Labute approximate surface area is 227 Å². The molecule has 1 aliphatic rings. The van der Waals surface area contributed by atoms with Gasteiger partial charge < -0.3 is 19.3 Å². The van der Waals surface area contributed by atoms with Gasteiger partial charge in [-0.25, -0.2) is 9.78 Å². The van der Waals surface area contributed by atoms with Crippen molar-refractivity contribution >= 4 is 50.1 Å². The predicted octanol–water partition coefficient (Wildman–Crippen LogP) is 5.03. The molecule has 1 unspecified atom stereocenters. The minimum absolute atomic E-state index is 0.0905. The molecular weight excluding hydrogens is 520 g/mol. The molecule has 4 aromatic rings. The molecule has 1 aliphatic heterocycles. The number of aliphatic hydroxyl groups is 1. The highest BCUT2D eigenvalue weighted by molar-refractivity contribution is 7.22. The van der Waals surface area contributed by atoms with E-state index in [4.69, 9.17) is 14.2 Å². The second kappa shape index (κ2) is 10.2. The molecule has 2 heterocycles. The summed E-state index contributed by atoms with van der Waals surface area (Å²) in [6.07, 6.45) is 0. The molecule has 5 rings (SSSR count). The van der Waals surface area contributed by atoms with Crippen molar-refractivity contribution in [3.8, 4) is 11.5 Å². The summed E-state index contributed by atoms with van der Waals surface area (Å²) in [5, 5.41) is 11.7. The fourth-order valence-corrected chi connectivity index (χ4v) is 5.59. The summed E-state index contributed by atoms with van der Waals surface area (Å²) >= 11 is 1.22. The van der Waals surface area contributed by atoms with Crippen LogP contribution >= 0.6 is 11.3 Å². The van der Waals surface area contributed by atoms with E-state index in [2.05, 4.69) is 4.98 Å². The topological polar surface area (TPSA) is 115 Å². The van der Waals surface area contributed by atoms with E-state index in [0.717, 1.165) is 10.3 Å². The van der Waals surface area contributed by atoms with Crippen LogP contribution in [0.4, 0.5) is 5.13 Å². The Bertz CT molecular complexity index is 1660. The number of hydrogen-bond acceptors (Lipinski definition) is 9. The van der Waals surface area contributed by atoms with Gasteiger partial charge in [0.25, 0.3) is 5.78 Å². The molecule has 1 saturated heterocycles. The quantitative estimate of drug-likeness (QED) is 0.155. The van der Waals surface area contributed by atoms with Gasteiger partial charge in [-0.3, -0.25) is 14.5 Å². The Morgan fingerprint density at radius 3 is 2.31 bits per heavy atom. The average molecular weight is 545 g/mol. The summed E-state index contributed by atoms with van der Waals surface area (Å²) in [5.74, 6) is -1.28. The van der Waals surface area contributed by atoms with Crippen molar-refractivity contribution < 1.29 is 33.7 Å². The molecule has 3 aromatic carbocycles. The van der Waals surface area contributed by atoms with Crippen LogP contribution in [-0.2, 0) is 14.3 Å². The highest BCUT2D eigenvalue weighted by atomic mass is 32.1. The van der Waals surface area contributed by atoms with Crippen molar-refractivity contribution in [3.05, 3.63) is 88.5 Å². The third-order valence-electron chi connectivity index (χ3n) is 6.55. The molecule has 39 heavy (non-hydrogen) atoms. The van der Waals surface area contributed by atoms with Gasteiger partial charge in [0, 0.05) is 5.56 Å². The number of aryl methyl sites for hydroxylation is 1. The number of anilines is 1. The number of Topliss-reactive ketones (excluding diaryl/α,β-unsaturated/α-hetero) is 1. The largest absolute Gasteiger partial charge is 0.507 e. The Kier molecular flexibility index (Phi) is 6.80. The molecule has 0 saturated carbocycles. The highest BCUT2D eigenvalue weighted by Crippen LogP contribution is 2.45. The summed E-state index contributed by atoms with van der Waals surface area (Å²) in [5.41, 5.74) is 2.45. The van der Waals surface area contributed by atoms with E-state index >= 15 is 0 Å². The number of carbonyl (C=O) groups is 3. The molecule has 1 amide bonds. The lowest BCUT2D eigenvalue weighted by atomic mass is 9.94. The second-order valence-corrected chi connectivity index (χ2v) is 9.81. The SMILES string of the molecule is COC(=O)c1ccc(C2/C(=C(\O)c3ccc(OC)c(C)c3)C(=O)C(=O)N2c2nc3ccc(OC)cc3s2)cc1. The molecule has 1 N–H and O–H groups in total. The van der Waals surface area contributed by atoms with Gasteiger partial charge in [-0.1, -0.05) is 23.5 Å². The highest BCUT2D eigenvalue weighted by Gasteiger charge is 2.48. The fraction of sp³-hybridized carbons (Fsp3) is 0.172. The molecule has 0 bridgehead atoms. The van der Waals surface area contributed by atoms with E-state index in [1.54, 1.807) is 74.9 Å². The number of aliphatic hydroxyl groups excluding tert-OH is 1. The van der Waals surface area contributed by atoms with Crippen molar-refractivity contribution in [2.24, 2.45) is 0 Å². The maximum absolute atomic E-state index is 13.5. The average Bonchev–Trinajstić information content (AvgIpc) is 3.49. The van der Waals surface area contributed by atoms with Crippen LogP contribution in [0.15, 0.2) is 66.2 Å². The van der Waals surface area contributed by atoms with Crippen LogP contribution in [0.25, 0.3) is 16.0 Å². The van der Waals surface area contributed by atoms with Crippen LogP contribution in [0.5, 0.6) is 11.5 Å². The summed E-state index contributed by atoms with van der Waals surface area (Å²) in [4.78, 5) is 44.9.